The minimum Gasteiger partial charge on any atom is -0.449 e. The van der Waals surface area contributed by atoms with Crippen LogP contribution >= 0.6 is 0 Å². The van der Waals surface area contributed by atoms with Crippen LogP contribution in [0.25, 0.3) is 11.0 Å². The van der Waals surface area contributed by atoms with Gasteiger partial charge in [-0.2, -0.15) is 0 Å². The van der Waals surface area contributed by atoms with Gasteiger partial charge < -0.3 is 9.73 Å². The van der Waals surface area contributed by atoms with Crippen LogP contribution < -0.4 is 10.0 Å². The van der Waals surface area contributed by atoms with Crippen LogP contribution in [0, 0.1) is 0 Å². The highest BCUT2D eigenvalue weighted by Crippen LogP contribution is 2.24. The average Bonchev–Trinajstić information content (AvgIpc) is 3.27. The van der Waals surface area contributed by atoms with E-state index in [2.05, 4.69) is 15.0 Å². The first kappa shape index (κ1) is 24.4. The Kier molecular flexibility index (Phi) is 6.90. The molecule has 0 aliphatic rings. The van der Waals surface area contributed by atoms with Gasteiger partial charge in [0.05, 0.1) is 21.7 Å². The van der Waals surface area contributed by atoms with E-state index in [1.54, 1.807) is 37.4 Å². The molecule has 0 bridgehead atoms. The van der Waals surface area contributed by atoms with Crippen molar-refractivity contribution in [1.29, 1.82) is 0 Å². The SMILES string of the molecule is CCCS(=O)(=O)Nc1cccc(S(=O)(=O)c2ccc(CNC(=O)c3cc4ccncc4o3)cc2)c1. The lowest BCUT2D eigenvalue weighted by atomic mass is 10.2. The molecule has 0 saturated carbocycles. The molecule has 0 aliphatic heterocycles. The number of carbonyl (C=O) groups excluding carboxylic acids is 1. The van der Waals surface area contributed by atoms with Crippen LogP contribution in [0.5, 0.6) is 0 Å². The largest absolute Gasteiger partial charge is 0.449 e. The fraction of sp³-hybridized carbons (Fsp3) is 0.167. The molecule has 11 heteroatoms. The van der Waals surface area contributed by atoms with Gasteiger partial charge in [-0.3, -0.25) is 14.5 Å². The van der Waals surface area contributed by atoms with E-state index in [-0.39, 0.29) is 33.5 Å². The van der Waals surface area contributed by atoms with Gasteiger partial charge >= 0.3 is 0 Å². The number of pyridine rings is 1. The van der Waals surface area contributed by atoms with Gasteiger partial charge in [0.2, 0.25) is 19.9 Å². The lowest BCUT2D eigenvalue weighted by Crippen LogP contribution is -2.22. The minimum atomic E-state index is -3.88. The number of aromatic nitrogens is 1. The normalized spacial score (nSPS) is 11.9. The highest BCUT2D eigenvalue weighted by Gasteiger charge is 2.19. The summed E-state index contributed by atoms with van der Waals surface area (Å²) in [6, 6.07) is 15.1. The Morgan fingerprint density at radius 3 is 2.46 bits per heavy atom. The van der Waals surface area contributed by atoms with Crippen molar-refractivity contribution >= 4 is 42.4 Å². The van der Waals surface area contributed by atoms with Crippen molar-refractivity contribution < 1.29 is 26.0 Å². The van der Waals surface area contributed by atoms with Gasteiger partial charge in [0.25, 0.3) is 5.91 Å². The first-order valence-corrected chi connectivity index (χ1v) is 13.9. The number of carbonyl (C=O) groups is 1. The van der Waals surface area contributed by atoms with Crippen molar-refractivity contribution in [2.45, 2.75) is 29.7 Å². The van der Waals surface area contributed by atoms with Crippen LogP contribution in [-0.4, -0.2) is 33.5 Å². The number of sulfone groups is 1. The molecule has 0 radical (unpaired) electrons. The molecule has 0 atom stereocenters. The van der Waals surface area contributed by atoms with Gasteiger partial charge in [-0.1, -0.05) is 25.1 Å². The first-order chi connectivity index (χ1) is 16.7. The van der Waals surface area contributed by atoms with Gasteiger partial charge in [0.1, 0.15) is 0 Å². The Morgan fingerprint density at radius 2 is 1.74 bits per heavy atom. The molecule has 2 aromatic heterocycles. The van der Waals surface area contributed by atoms with E-state index in [1.807, 2.05) is 0 Å². The van der Waals surface area contributed by atoms with Crippen molar-refractivity contribution in [2.24, 2.45) is 0 Å². The molecule has 0 spiro atoms. The number of nitrogens with one attached hydrogen (secondary N) is 2. The summed E-state index contributed by atoms with van der Waals surface area (Å²) in [5.41, 5.74) is 1.38. The van der Waals surface area contributed by atoms with E-state index in [4.69, 9.17) is 4.42 Å². The van der Waals surface area contributed by atoms with Gasteiger partial charge in [-0.15, -0.1) is 0 Å². The molecule has 1 amide bonds. The maximum absolute atomic E-state index is 13.1. The molecule has 0 unspecified atom stereocenters. The summed E-state index contributed by atoms with van der Waals surface area (Å²) in [5.74, 6) is -0.308. The molecule has 0 saturated heterocycles. The summed E-state index contributed by atoms with van der Waals surface area (Å²) in [4.78, 5) is 16.4. The van der Waals surface area contributed by atoms with Gasteiger partial charge in [0, 0.05) is 23.8 Å². The molecule has 4 rings (SSSR count). The molecule has 4 aromatic rings. The van der Waals surface area contributed by atoms with Gasteiger partial charge in [-0.25, -0.2) is 16.8 Å². The summed E-state index contributed by atoms with van der Waals surface area (Å²) in [7, 11) is -7.43. The van der Waals surface area contributed by atoms with Crippen LogP contribution in [0.4, 0.5) is 5.69 Å². The van der Waals surface area contributed by atoms with Crippen LogP contribution in [-0.2, 0) is 26.4 Å². The van der Waals surface area contributed by atoms with Crippen LogP contribution in [0.2, 0.25) is 0 Å². The van der Waals surface area contributed by atoms with E-state index in [0.29, 0.717) is 17.6 Å². The van der Waals surface area contributed by atoms with E-state index in [0.717, 1.165) is 5.39 Å². The molecule has 2 N–H and O–H groups in total. The molecule has 9 nitrogen and oxygen atoms in total. The first-order valence-electron chi connectivity index (χ1n) is 10.7. The second-order valence-corrected chi connectivity index (χ2v) is 11.6. The Morgan fingerprint density at radius 1 is 0.971 bits per heavy atom. The smallest absolute Gasteiger partial charge is 0.287 e. The Hall–Kier alpha value is -3.70. The van der Waals surface area contributed by atoms with E-state index in [1.165, 1.54) is 42.6 Å². The maximum atomic E-state index is 13.1. The topological polar surface area (TPSA) is 135 Å². The number of nitrogens with zero attached hydrogens (tertiary/aromatic N) is 1. The van der Waals surface area contributed by atoms with Crippen LogP contribution in [0.3, 0.4) is 0 Å². The second-order valence-electron chi connectivity index (χ2n) is 7.80. The predicted octanol–water partition coefficient (Wildman–Crippen LogP) is 3.74. The molecule has 182 valence electrons. The quantitative estimate of drug-likeness (QED) is 0.348. The zero-order valence-electron chi connectivity index (χ0n) is 18.8. The number of sulfonamides is 1. The zero-order chi connectivity index (χ0) is 25.1. The average molecular weight is 514 g/mol. The molecule has 35 heavy (non-hydrogen) atoms. The highest BCUT2D eigenvalue weighted by atomic mass is 32.2. The Balaban J connectivity index is 1.45. The van der Waals surface area contributed by atoms with Crippen LogP contribution in [0.1, 0.15) is 29.5 Å². The Labute approximate surface area is 203 Å². The zero-order valence-corrected chi connectivity index (χ0v) is 20.4. The highest BCUT2D eigenvalue weighted by molar-refractivity contribution is 7.92. The van der Waals surface area contributed by atoms with Gasteiger partial charge in [0.15, 0.2) is 11.3 Å². The van der Waals surface area contributed by atoms with Gasteiger partial charge in [-0.05, 0) is 54.4 Å². The number of anilines is 1. The van der Waals surface area contributed by atoms with E-state index < -0.39 is 25.8 Å². The number of benzene rings is 2. The summed E-state index contributed by atoms with van der Waals surface area (Å²) in [5, 5.41) is 3.50. The third-order valence-corrected chi connectivity index (χ3v) is 8.38. The van der Waals surface area contributed by atoms with Crippen molar-refractivity contribution in [1.82, 2.24) is 10.3 Å². The van der Waals surface area contributed by atoms with E-state index in [9.17, 15) is 21.6 Å². The summed E-state index contributed by atoms with van der Waals surface area (Å²) in [6.07, 6.45) is 3.58. The molecular formula is C24H23N3O6S2. The molecule has 2 heterocycles. The number of rotatable bonds is 9. The fourth-order valence-electron chi connectivity index (χ4n) is 3.41. The molecular weight excluding hydrogens is 490 g/mol. The minimum absolute atomic E-state index is 0.0328. The third kappa shape index (κ3) is 5.69. The monoisotopic (exact) mass is 513 g/mol. The number of furan rings is 1. The lowest BCUT2D eigenvalue weighted by molar-refractivity contribution is 0.0925. The maximum Gasteiger partial charge on any atom is 0.287 e. The number of amides is 1. The molecule has 0 fully saturated rings. The van der Waals surface area contributed by atoms with Crippen molar-refractivity contribution in [3.63, 3.8) is 0 Å². The number of fused-ring (bicyclic) bond motifs is 1. The second kappa shape index (κ2) is 9.88. The summed E-state index contributed by atoms with van der Waals surface area (Å²) in [6.45, 7) is 1.91. The Bertz CT molecular complexity index is 1540. The summed E-state index contributed by atoms with van der Waals surface area (Å²) >= 11 is 0. The molecule has 2 aromatic carbocycles. The predicted molar refractivity (Wildman–Crippen MR) is 131 cm³/mol. The number of hydrogen-bond donors (Lipinski definition) is 2. The van der Waals surface area contributed by atoms with E-state index >= 15 is 0 Å². The number of hydrogen-bond acceptors (Lipinski definition) is 7. The van der Waals surface area contributed by atoms with Crippen molar-refractivity contribution in [2.75, 3.05) is 10.5 Å². The lowest BCUT2D eigenvalue weighted by Gasteiger charge is -2.10. The van der Waals surface area contributed by atoms with Crippen LogP contribution in [0.15, 0.2) is 87.3 Å². The van der Waals surface area contributed by atoms with Crippen molar-refractivity contribution in [3.8, 4) is 0 Å². The fourth-order valence-corrected chi connectivity index (χ4v) is 5.85. The molecule has 0 aliphatic carbocycles. The summed E-state index contributed by atoms with van der Waals surface area (Å²) < 4.78 is 58.0. The standard InChI is InChI=1S/C24H23N3O6S2/c1-2-12-34(29,30)27-19-4-3-5-21(14-19)35(31,32)20-8-6-17(7-9-20)15-26-24(28)22-13-18-10-11-25-16-23(18)33-22/h3-11,13-14,16,27H,2,12,15H2,1H3,(H,26,28). The third-order valence-electron chi connectivity index (χ3n) is 5.12. The van der Waals surface area contributed by atoms with Crippen molar-refractivity contribution in [3.05, 3.63) is 84.4 Å².